The molecule has 13 aromatic rings. The smallest absolute Gasteiger partial charge is 0.238 e. The second kappa shape index (κ2) is 12.7. The van der Waals surface area contributed by atoms with E-state index in [0.717, 1.165) is 76.6 Å². The minimum absolute atomic E-state index is 0.557. The minimum atomic E-state index is 0.557. The average Bonchev–Trinajstić information content (AvgIpc) is 3.84. The number of hydrogen-bond donors (Lipinski definition) is 0. The van der Waals surface area contributed by atoms with Gasteiger partial charge in [0.25, 0.3) is 0 Å². The third kappa shape index (κ3) is 5.09. The van der Waals surface area contributed by atoms with Crippen LogP contribution in [0.1, 0.15) is 0 Å². The van der Waals surface area contributed by atoms with Crippen LogP contribution in [-0.2, 0) is 0 Å². The van der Waals surface area contributed by atoms with Crippen molar-refractivity contribution < 1.29 is 4.42 Å². The fraction of sp³-hybridized carbons (Fsp3) is 0. The van der Waals surface area contributed by atoms with Crippen LogP contribution in [-0.4, -0.2) is 19.5 Å². The van der Waals surface area contributed by atoms with E-state index in [2.05, 4.69) is 193 Å². The van der Waals surface area contributed by atoms with Gasteiger partial charge in [-0.15, -0.1) is 0 Å². The topological polar surface area (TPSA) is 56.7 Å². The van der Waals surface area contributed by atoms with Gasteiger partial charge in [0.2, 0.25) is 5.95 Å². The molecule has 0 spiro atoms. The van der Waals surface area contributed by atoms with E-state index in [9.17, 15) is 0 Å². The SMILES string of the molecule is c1ccc(-c2ccc3ccc(-c4nc(-c5ccc6oc7cc8ccccc8cc7c6c5)nc(-n5c6cc7ccccc7cc6c6c7ccccc7ccc65)n4)cc3c2)cc1. The Labute approximate surface area is 343 Å². The van der Waals surface area contributed by atoms with Crippen LogP contribution in [0.4, 0.5) is 0 Å². The lowest BCUT2D eigenvalue weighted by Crippen LogP contribution is -2.06. The number of hydrogen-bond acceptors (Lipinski definition) is 4. The molecule has 0 aliphatic heterocycles. The largest absolute Gasteiger partial charge is 0.456 e. The molecule has 3 heterocycles. The highest BCUT2D eigenvalue weighted by Crippen LogP contribution is 2.40. The summed E-state index contributed by atoms with van der Waals surface area (Å²) in [6, 6.07) is 68.8. The Morgan fingerprint density at radius 1 is 0.317 bits per heavy atom. The normalized spacial score (nSPS) is 12.0. The van der Waals surface area contributed by atoms with Crippen molar-refractivity contribution in [2.24, 2.45) is 0 Å². The zero-order valence-corrected chi connectivity index (χ0v) is 32.2. The summed E-state index contributed by atoms with van der Waals surface area (Å²) < 4.78 is 8.65. The van der Waals surface area contributed by atoms with Crippen LogP contribution in [0.2, 0.25) is 0 Å². The summed E-state index contributed by atoms with van der Waals surface area (Å²) in [4.78, 5) is 16.0. The predicted octanol–water partition coefficient (Wildman–Crippen LogP) is 14.5. The molecule has 0 radical (unpaired) electrons. The Morgan fingerprint density at radius 2 is 0.900 bits per heavy atom. The first kappa shape index (κ1) is 32.9. The number of rotatable bonds is 4. The van der Waals surface area contributed by atoms with E-state index in [0.29, 0.717) is 17.6 Å². The van der Waals surface area contributed by atoms with E-state index < -0.39 is 0 Å². The number of benzene rings is 10. The molecule has 3 aromatic heterocycles. The molecule has 0 amide bonds. The van der Waals surface area contributed by atoms with Crippen molar-refractivity contribution in [1.29, 1.82) is 0 Å². The van der Waals surface area contributed by atoms with Gasteiger partial charge in [0.05, 0.1) is 11.0 Å². The van der Waals surface area contributed by atoms with E-state index in [-0.39, 0.29) is 0 Å². The van der Waals surface area contributed by atoms with Gasteiger partial charge in [0, 0.05) is 32.7 Å². The second-order valence-corrected chi connectivity index (χ2v) is 15.7. The molecular weight excluding hydrogens is 733 g/mol. The van der Waals surface area contributed by atoms with Crippen LogP contribution in [0.5, 0.6) is 0 Å². The first-order valence-electron chi connectivity index (χ1n) is 20.2. The molecule has 0 saturated carbocycles. The molecule has 5 heteroatoms. The number of aromatic nitrogens is 4. The van der Waals surface area contributed by atoms with Crippen LogP contribution in [0, 0.1) is 0 Å². The summed E-state index contributed by atoms with van der Waals surface area (Å²) in [5.41, 5.74) is 7.89. The zero-order chi connectivity index (χ0) is 39.3. The van der Waals surface area contributed by atoms with Crippen molar-refractivity contribution in [2.45, 2.75) is 0 Å². The summed E-state index contributed by atoms with van der Waals surface area (Å²) in [7, 11) is 0. The third-order valence-electron chi connectivity index (χ3n) is 12.1. The summed E-state index contributed by atoms with van der Waals surface area (Å²) >= 11 is 0. The Morgan fingerprint density at radius 3 is 1.68 bits per heavy atom. The molecule has 0 bridgehead atoms. The Balaban J connectivity index is 1.09. The van der Waals surface area contributed by atoms with E-state index in [4.69, 9.17) is 19.4 Å². The van der Waals surface area contributed by atoms with Crippen molar-refractivity contribution in [3.63, 3.8) is 0 Å². The van der Waals surface area contributed by atoms with Gasteiger partial charge in [-0.05, 0) is 115 Å². The molecule has 0 unspecified atom stereocenters. The Kier molecular flexibility index (Phi) is 6.95. The molecule has 0 atom stereocenters. The molecule has 0 saturated heterocycles. The summed E-state index contributed by atoms with van der Waals surface area (Å²) in [6.45, 7) is 0. The number of fused-ring (bicyclic) bond motifs is 11. The van der Waals surface area contributed by atoms with Gasteiger partial charge >= 0.3 is 0 Å². The number of nitrogens with zero attached hydrogens (tertiary/aromatic N) is 4. The first-order chi connectivity index (χ1) is 29.7. The van der Waals surface area contributed by atoms with Crippen LogP contribution < -0.4 is 0 Å². The minimum Gasteiger partial charge on any atom is -0.456 e. The van der Waals surface area contributed by atoms with E-state index >= 15 is 0 Å². The standard InChI is InChI=1S/C55H32N4O/c1-2-10-33(11-3-1)40-20-18-34-19-21-41(27-43(34)26-40)53-56-54(42-23-25-50-45(30-42)46-28-36-13-5-7-16-39(36)32-51(46)60-50)58-55(57-53)59-48-24-22-35-12-8-9-17-44(35)52(48)47-29-37-14-4-6-15-38(37)31-49(47)59/h1-32H. The van der Waals surface area contributed by atoms with Crippen LogP contribution >= 0.6 is 0 Å². The van der Waals surface area contributed by atoms with Gasteiger partial charge in [-0.2, -0.15) is 9.97 Å². The summed E-state index contributed by atoms with van der Waals surface area (Å²) in [5.74, 6) is 1.74. The maximum Gasteiger partial charge on any atom is 0.238 e. The first-order valence-corrected chi connectivity index (χ1v) is 20.2. The van der Waals surface area contributed by atoms with Crippen LogP contribution in [0.3, 0.4) is 0 Å². The van der Waals surface area contributed by atoms with Crippen LogP contribution in [0.15, 0.2) is 199 Å². The lowest BCUT2D eigenvalue weighted by atomic mass is 10.00. The summed E-state index contributed by atoms with van der Waals surface area (Å²) in [6.07, 6.45) is 0. The van der Waals surface area contributed by atoms with Gasteiger partial charge in [-0.25, -0.2) is 4.98 Å². The molecule has 0 aliphatic rings. The maximum atomic E-state index is 6.42. The fourth-order valence-corrected chi connectivity index (χ4v) is 9.21. The van der Waals surface area contributed by atoms with Crippen LogP contribution in [0.25, 0.3) is 127 Å². The van der Waals surface area contributed by atoms with Crippen molar-refractivity contribution in [1.82, 2.24) is 19.5 Å². The highest BCUT2D eigenvalue weighted by Gasteiger charge is 2.21. The highest BCUT2D eigenvalue weighted by molar-refractivity contribution is 6.23. The molecule has 0 aliphatic carbocycles. The molecule has 5 nitrogen and oxygen atoms in total. The zero-order valence-electron chi connectivity index (χ0n) is 32.2. The van der Waals surface area contributed by atoms with Gasteiger partial charge in [-0.3, -0.25) is 4.57 Å². The van der Waals surface area contributed by atoms with Gasteiger partial charge in [0.1, 0.15) is 11.2 Å². The molecule has 0 fully saturated rings. The van der Waals surface area contributed by atoms with Crippen molar-refractivity contribution >= 4 is 86.8 Å². The summed E-state index contributed by atoms with van der Waals surface area (Å²) in [5, 5.41) is 13.7. The Bertz CT molecular complexity index is 3900. The average molecular weight is 765 g/mol. The van der Waals surface area contributed by atoms with Crippen molar-refractivity contribution in [3.05, 3.63) is 194 Å². The quantitative estimate of drug-likeness (QED) is 0.179. The van der Waals surface area contributed by atoms with E-state index in [1.54, 1.807) is 0 Å². The predicted molar refractivity (Wildman–Crippen MR) is 248 cm³/mol. The third-order valence-corrected chi connectivity index (χ3v) is 12.1. The molecule has 0 N–H and O–H groups in total. The highest BCUT2D eigenvalue weighted by atomic mass is 16.3. The Hall–Kier alpha value is -8.15. The van der Waals surface area contributed by atoms with Crippen molar-refractivity contribution in [3.8, 4) is 39.9 Å². The molecule has 278 valence electrons. The number of furan rings is 1. The van der Waals surface area contributed by atoms with Gasteiger partial charge < -0.3 is 4.42 Å². The second-order valence-electron chi connectivity index (χ2n) is 15.7. The van der Waals surface area contributed by atoms with Crippen molar-refractivity contribution in [2.75, 3.05) is 0 Å². The molecule has 13 rings (SSSR count). The molecule has 10 aromatic carbocycles. The van der Waals surface area contributed by atoms with E-state index in [1.807, 2.05) is 6.07 Å². The lowest BCUT2D eigenvalue weighted by molar-refractivity contribution is 0.669. The monoisotopic (exact) mass is 764 g/mol. The molecule has 60 heavy (non-hydrogen) atoms. The maximum absolute atomic E-state index is 6.42. The lowest BCUT2D eigenvalue weighted by Gasteiger charge is -2.12. The van der Waals surface area contributed by atoms with E-state index in [1.165, 1.54) is 32.5 Å². The molecular formula is C55H32N4O. The van der Waals surface area contributed by atoms with Gasteiger partial charge in [0.15, 0.2) is 11.6 Å². The fourth-order valence-electron chi connectivity index (χ4n) is 9.21. The van der Waals surface area contributed by atoms with Gasteiger partial charge in [-0.1, -0.05) is 133 Å².